The summed E-state index contributed by atoms with van der Waals surface area (Å²) in [5.74, 6) is -10.8. The topological polar surface area (TPSA) is 49.7 Å². The van der Waals surface area contributed by atoms with Crippen LogP contribution in [0.4, 0.5) is 35.1 Å². The third-order valence-electron chi connectivity index (χ3n) is 2.81. The van der Waals surface area contributed by atoms with Crippen LogP contribution < -0.4 is 0 Å². The predicted molar refractivity (Wildman–Crippen MR) is 42.1 cm³/mol. The first-order valence-corrected chi connectivity index (χ1v) is 4.70. The number of aliphatic hydroxyl groups is 2. The van der Waals surface area contributed by atoms with E-state index in [9.17, 15) is 35.1 Å². The third kappa shape index (κ3) is 2.17. The first-order chi connectivity index (χ1) is 8.08. The zero-order valence-electron chi connectivity index (χ0n) is 9.11. The summed E-state index contributed by atoms with van der Waals surface area (Å²) >= 11 is 0. The Balaban J connectivity index is 3.36. The lowest BCUT2D eigenvalue weighted by atomic mass is 9.85. The van der Waals surface area contributed by atoms with Crippen LogP contribution in [0, 0.1) is 0 Å². The summed E-state index contributed by atoms with van der Waals surface area (Å²) in [4.78, 5) is 0. The standard InChI is InChI=1S/C8H8F8O3/c1-4(7(11,12)13)2-3(17)5(9,10)6(18,19-4)8(14,15)16/h3,17-18H,2H2,1H3. The molecule has 114 valence electrons. The van der Waals surface area contributed by atoms with Crippen molar-refractivity contribution in [3.63, 3.8) is 0 Å². The van der Waals surface area contributed by atoms with Crippen molar-refractivity contribution < 1.29 is 50.1 Å². The molecule has 1 heterocycles. The Kier molecular flexibility index (Phi) is 3.38. The molecule has 1 fully saturated rings. The van der Waals surface area contributed by atoms with E-state index in [1.54, 1.807) is 0 Å². The Labute approximate surface area is 100 Å². The van der Waals surface area contributed by atoms with Gasteiger partial charge in [-0.3, -0.25) is 0 Å². The summed E-state index contributed by atoms with van der Waals surface area (Å²) < 4.78 is 104. The molecule has 0 spiro atoms. The summed E-state index contributed by atoms with van der Waals surface area (Å²) in [6.45, 7) is 0.0299. The van der Waals surface area contributed by atoms with Gasteiger partial charge < -0.3 is 14.9 Å². The fraction of sp³-hybridized carbons (Fsp3) is 1.00. The molecule has 0 saturated carbocycles. The highest BCUT2D eigenvalue weighted by Gasteiger charge is 2.80. The van der Waals surface area contributed by atoms with Crippen LogP contribution in [0.3, 0.4) is 0 Å². The summed E-state index contributed by atoms with van der Waals surface area (Å²) in [6, 6.07) is 0. The second-order valence-corrected chi connectivity index (χ2v) is 4.32. The average molecular weight is 304 g/mol. The van der Waals surface area contributed by atoms with E-state index < -0.39 is 42.2 Å². The molecule has 0 amide bonds. The van der Waals surface area contributed by atoms with Gasteiger partial charge in [-0.25, -0.2) is 0 Å². The van der Waals surface area contributed by atoms with Crippen molar-refractivity contribution in [2.75, 3.05) is 0 Å². The lowest BCUT2D eigenvalue weighted by molar-refractivity contribution is -0.502. The molecule has 1 aliphatic rings. The van der Waals surface area contributed by atoms with Crippen molar-refractivity contribution in [1.29, 1.82) is 0 Å². The highest BCUT2D eigenvalue weighted by molar-refractivity contribution is 5.06. The molecule has 1 aliphatic heterocycles. The normalized spacial score (nSPS) is 40.3. The van der Waals surface area contributed by atoms with Gasteiger partial charge in [0.1, 0.15) is 6.10 Å². The van der Waals surface area contributed by atoms with Crippen LogP contribution >= 0.6 is 0 Å². The van der Waals surface area contributed by atoms with Crippen molar-refractivity contribution in [3.8, 4) is 0 Å². The number of halogens is 8. The van der Waals surface area contributed by atoms with E-state index in [-0.39, 0.29) is 6.92 Å². The number of rotatable bonds is 0. The minimum atomic E-state index is -6.23. The summed E-state index contributed by atoms with van der Waals surface area (Å²) in [7, 11) is 0. The van der Waals surface area contributed by atoms with Crippen LogP contribution in [0.15, 0.2) is 0 Å². The van der Waals surface area contributed by atoms with E-state index in [0.717, 1.165) is 0 Å². The molecule has 0 aromatic carbocycles. The molecule has 0 aromatic rings. The number of hydrogen-bond donors (Lipinski definition) is 2. The van der Waals surface area contributed by atoms with Gasteiger partial charge in [-0.1, -0.05) is 0 Å². The second-order valence-electron chi connectivity index (χ2n) is 4.32. The van der Waals surface area contributed by atoms with E-state index in [0.29, 0.717) is 0 Å². The number of alkyl halides is 8. The maximum Gasteiger partial charge on any atom is 0.449 e. The molecule has 1 saturated heterocycles. The maximum atomic E-state index is 13.2. The maximum absolute atomic E-state index is 13.2. The molecule has 3 unspecified atom stereocenters. The molecule has 0 aromatic heterocycles. The number of hydrogen-bond acceptors (Lipinski definition) is 3. The minimum absolute atomic E-state index is 0.0299. The second kappa shape index (κ2) is 3.92. The Morgan fingerprint density at radius 1 is 1.05 bits per heavy atom. The highest BCUT2D eigenvalue weighted by Crippen LogP contribution is 2.55. The van der Waals surface area contributed by atoms with E-state index >= 15 is 0 Å². The molecular formula is C8H8F8O3. The Morgan fingerprint density at radius 3 is 1.79 bits per heavy atom. The van der Waals surface area contributed by atoms with Gasteiger partial charge >= 0.3 is 24.1 Å². The molecule has 19 heavy (non-hydrogen) atoms. The van der Waals surface area contributed by atoms with Crippen LogP contribution in [0.25, 0.3) is 0 Å². The van der Waals surface area contributed by atoms with Gasteiger partial charge in [0.2, 0.25) is 0 Å². The van der Waals surface area contributed by atoms with Gasteiger partial charge in [-0.05, 0) is 6.92 Å². The zero-order chi connectivity index (χ0) is 15.5. The summed E-state index contributed by atoms with van der Waals surface area (Å²) in [5, 5.41) is 17.7. The van der Waals surface area contributed by atoms with Crippen LogP contribution in [0.1, 0.15) is 13.3 Å². The van der Waals surface area contributed by atoms with E-state index in [1.807, 2.05) is 0 Å². The van der Waals surface area contributed by atoms with E-state index in [1.165, 1.54) is 0 Å². The lowest BCUT2D eigenvalue weighted by Gasteiger charge is -2.50. The van der Waals surface area contributed by atoms with Crippen LogP contribution in [-0.2, 0) is 4.74 Å². The molecule has 3 atom stereocenters. The molecule has 11 heteroatoms. The van der Waals surface area contributed by atoms with Gasteiger partial charge in [0.15, 0.2) is 5.60 Å². The van der Waals surface area contributed by atoms with Gasteiger partial charge in [0.25, 0.3) is 0 Å². The SMILES string of the molecule is CC1(C(F)(F)F)CC(O)C(F)(F)C(O)(C(F)(F)F)O1. The minimum Gasteiger partial charge on any atom is -0.386 e. The Morgan fingerprint density at radius 2 is 1.47 bits per heavy atom. The van der Waals surface area contributed by atoms with Gasteiger partial charge in [-0.15, -0.1) is 0 Å². The quantitative estimate of drug-likeness (QED) is 0.673. The largest absolute Gasteiger partial charge is 0.449 e. The Bertz CT molecular complexity index is 364. The van der Waals surface area contributed by atoms with Crippen LogP contribution in [-0.4, -0.2) is 46.0 Å². The monoisotopic (exact) mass is 304 g/mol. The van der Waals surface area contributed by atoms with Gasteiger partial charge in [-0.2, -0.15) is 35.1 Å². The summed E-state index contributed by atoms with van der Waals surface area (Å²) in [5.41, 5.74) is -3.77. The average Bonchev–Trinajstić information content (AvgIpc) is 2.11. The fourth-order valence-corrected chi connectivity index (χ4v) is 1.58. The molecule has 0 bridgehead atoms. The fourth-order valence-electron chi connectivity index (χ4n) is 1.58. The Hall–Kier alpha value is -0.680. The van der Waals surface area contributed by atoms with Gasteiger partial charge in [0.05, 0.1) is 0 Å². The van der Waals surface area contributed by atoms with Crippen molar-refractivity contribution in [2.45, 2.75) is 49.1 Å². The summed E-state index contributed by atoms with van der Waals surface area (Å²) in [6.07, 6.45) is -16.9. The first kappa shape index (κ1) is 16.4. The smallest absolute Gasteiger partial charge is 0.386 e. The van der Waals surface area contributed by atoms with Crippen molar-refractivity contribution in [1.82, 2.24) is 0 Å². The lowest BCUT2D eigenvalue weighted by Crippen LogP contribution is -2.74. The number of ether oxygens (including phenoxy) is 1. The first-order valence-electron chi connectivity index (χ1n) is 4.70. The van der Waals surface area contributed by atoms with E-state index in [2.05, 4.69) is 4.74 Å². The molecule has 3 nitrogen and oxygen atoms in total. The zero-order valence-corrected chi connectivity index (χ0v) is 9.11. The van der Waals surface area contributed by atoms with E-state index in [4.69, 9.17) is 10.2 Å². The predicted octanol–water partition coefficient (Wildman–Crippen LogP) is 1.97. The van der Waals surface area contributed by atoms with Gasteiger partial charge in [0, 0.05) is 6.42 Å². The highest BCUT2D eigenvalue weighted by atomic mass is 19.4. The molecule has 1 rings (SSSR count). The molecule has 0 aliphatic carbocycles. The third-order valence-corrected chi connectivity index (χ3v) is 2.81. The molecule has 0 radical (unpaired) electrons. The van der Waals surface area contributed by atoms with Crippen LogP contribution in [0.2, 0.25) is 0 Å². The van der Waals surface area contributed by atoms with Crippen molar-refractivity contribution in [2.24, 2.45) is 0 Å². The molecular weight excluding hydrogens is 296 g/mol. The van der Waals surface area contributed by atoms with Crippen molar-refractivity contribution >= 4 is 0 Å². The van der Waals surface area contributed by atoms with Crippen molar-refractivity contribution in [3.05, 3.63) is 0 Å². The number of aliphatic hydroxyl groups excluding tert-OH is 1. The molecule has 2 N–H and O–H groups in total. The van der Waals surface area contributed by atoms with Crippen LogP contribution in [0.5, 0.6) is 0 Å².